The van der Waals surface area contributed by atoms with Gasteiger partial charge in [0.05, 0.1) is 0 Å². The first-order valence-corrected chi connectivity index (χ1v) is 25.0. The van der Waals surface area contributed by atoms with Gasteiger partial charge in [0.15, 0.2) is 0 Å². The van der Waals surface area contributed by atoms with Crippen LogP contribution in [0, 0.1) is 0 Å². The molecule has 0 unspecified atom stereocenters. The second-order valence-corrected chi connectivity index (χ2v) is 24.8. The van der Waals surface area contributed by atoms with Crippen LogP contribution < -0.4 is 25.6 Å². The molecule has 2 nitrogen and oxygen atoms in total. The highest BCUT2D eigenvalue weighted by Crippen LogP contribution is 2.43. The first-order valence-electron chi connectivity index (χ1n) is 19.0. The Morgan fingerprint density at radius 2 is 1.09 bits per heavy atom. The minimum absolute atomic E-state index is 0.951. The molecule has 54 heavy (non-hydrogen) atoms. The van der Waals surface area contributed by atoms with Crippen LogP contribution in [0.4, 0.5) is 17.1 Å². The number of rotatable bonds is 4. The van der Waals surface area contributed by atoms with Gasteiger partial charge in [-0.25, -0.2) is 0 Å². The van der Waals surface area contributed by atoms with E-state index >= 15 is 0 Å². The zero-order valence-electron chi connectivity index (χ0n) is 30.9. The van der Waals surface area contributed by atoms with Crippen molar-refractivity contribution in [3.63, 3.8) is 0 Å². The first-order chi connectivity index (χ1) is 26.3. The zero-order chi connectivity index (χ0) is 36.3. The van der Waals surface area contributed by atoms with E-state index in [2.05, 4.69) is 195 Å². The van der Waals surface area contributed by atoms with Crippen LogP contribution in [-0.4, -0.2) is 16.1 Å². The SMILES string of the molecule is C[Si]1(C)c2ccccc2-c2cc(N(c3cccc(-c4ccc5ccccc5c4)c3)c3ccc4c(c3)[Si](C)(C)c3ccc5c(oc6ccccc65)c3-4)ccc21. The summed E-state index contributed by atoms with van der Waals surface area (Å²) in [7, 11) is -3.88. The Labute approximate surface area is 318 Å². The largest absolute Gasteiger partial charge is 0.455 e. The molecule has 0 fully saturated rings. The molecule has 1 aromatic heterocycles. The highest BCUT2D eigenvalue weighted by Gasteiger charge is 2.41. The summed E-state index contributed by atoms with van der Waals surface area (Å²) >= 11 is 0. The summed E-state index contributed by atoms with van der Waals surface area (Å²) in [4.78, 5) is 2.49. The second kappa shape index (κ2) is 11.3. The van der Waals surface area contributed by atoms with Gasteiger partial charge in [0.25, 0.3) is 0 Å². The molecule has 9 aromatic rings. The van der Waals surface area contributed by atoms with Crippen molar-refractivity contribution in [1.82, 2.24) is 0 Å². The number of fused-ring (bicyclic) bond motifs is 11. The Kier molecular flexibility index (Phi) is 6.60. The van der Waals surface area contributed by atoms with Gasteiger partial charge in [0.1, 0.15) is 27.3 Å². The first kappa shape index (κ1) is 31.6. The Hall–Kier alpha value is -5.95. The summed E-state index contributed by atoms with van der Waals surface area (Å²) in [5, 5.41) is 10.9. The third-order valence-electron chi connectivity index (χ3n) is 12.4. The Morgan fingerprint density at radius 3 is 2.00 bits per heavy atom. The molecule has 2 aliphatic heterocycles. The minimum atomic E-state index is -2.08. The maximum atomic E-state index is 6.65. The molecule has 4 heteroatoms. The van der Waals surface area contributed by atoms with Gasteiger partial charge in [-0.2, -0.15) is 0 Å². The van der Waals surface area contributed by atoms with Gasteiger partial charge in [-0.1, -0.05) is 141 Å². The normalized spacial score (nSPS) is 14.6. The fourth-order valence-corrected chi connectivity index (χ4v) is 15.7. The molecule has 3 heterocycles. The van der Waals surface area contributed by atoms with Crippen LogP contribution in [-0.2, 0) is 0 Å². The lowest BCUT2D eigenvalue weighted by Gasteiger charge is -2.29. The van der Waals surface area contributed by atoms with Gasteiger partial charge in [-0.15, -0.1) is 0 Å². The lowest BCUT2D eigenvalue weighted by Crippen LogP contribution is -2.49. The predicted molar refractivity (Wildman–Crippen MR) is 236 cm³/mol. The molecular weight excluding hydrogens is 687 g/mol. The fraction of sp³-hybridized carbons (Fsp3) is 0.0800. The Bertz CT molecular complexity index is 3020. The minimum Gasteiger partial charge on any atom is -0.455 e. The van der Waals surface area contributed by atoms with Gasteiger partial charge >= 0.3 is 0 Å². The monoisotopic (exact) mass is 725 g/mol. The number of para-hydroxylation sites is 1. The molecule has 0 radical (unpaired) electrons. The van der Waals surface area contributed by atoms with E-state index in [9.17, 15) is 0 Å². The zero-order valence-corrected chi connectivity index (χ0v) is 32.9. The summed E-state index contributed by atoms with van der Waals surface area (Å²) in [5.74, 6) is 0. The quantitative estimate of drug-likeness (QED) is 0.168. The molecule has 0 bridgehead atoms. The van der Waals surface area contributed by atoms with Gasteiger partial charge in [-0.05, 0) is 108 Å². The average molecular weight is 726 g/mol. The second-order valence-electron chi connectivity index (χ2n) is 16.2. The topological polar surface area (TPSA) is 16.4 Å². The smallest absolute Gasteiger partial charge is 0.143 e. The van der Waals surface area contributed by atoms with Gasteiger partial charge in [0, 0.05) is 33.4 Å². The predicted octanol–water partition coefficient (Wildman–Crippen LogP) is 11.5. The van der Waals surface area contributed by atoms with Gasteiger partial charge < -0.3 is 9.32 Å². The van der Waals surface area contributed by atoms with Crippen molar-refractivity contribution in [1.29, 1.82) is 0 Å². The van der Waals surface area contributed by atoms with Crippen LogP contribution >= 0.6 is 0 Å². The summed E-state index contributed by atoms with van der Waals surface area (Å²) in [6.07, 6.45) is 0. The number of furan rings is 1. The highest BCUT2D eigenvalue weighted by atomic mass is 28.3. The van der Waals surface area contributed by atoms with Crippen LogP contribution in [0.2, 0.25) is 26.2 Å². The summed E-state index contributed by atoms with van der Waals surface area (Å²) < 4.78 is 6.65. The van der Waals surface area contributed by atoms with Crippen LogP contribution in [0.3, 0.4) is 0 Å². The van der Waals surface area contributed by atoms with Crippen molar-refractivity contribution in [2.24, 2.45) is 0 Å². The molecule has 0 N–H and O–H groups in total. The highest BCUT2D eigenvalue weighted by molar-refractivity contribution is 7.04. The third-order valence-corrected chi connectivity index (χ3v) is 19.5. The van der Waals surface area contributed by atoms with E-state index in [0.29, 0.717) is 0 Å². The maximum absolute atomic E-state index is 6.65. The molecule has 0 atom stereocenters. The van der Waals surface area contributed by atoms with Crippen molar-refractivity contribution in [3.8, 4) is 33.4 Å². The summed E-state index contributed by atoms with van der Waals surface area (Å²) in [5.41, 5.74) is 13.3. The van der Waals surface area contributed by atoms with Crippen LogP contribution in [0.25, 0.3) is 66.1 Å². The van der Waals surface area contributed by atoms with Crippen LogP contribution in [0.1, 0.15) is 0 Å². The van der Waals surface area contributed by atoms with Crippen molar-refractivity contribution in [2.45, 2.75) is 26.2 Å². The lowest BCUT2D eigenvalue weighted by atomic mass is 9.99. The van der Waals surface area contributed by atoms with Gasteiger partial charge in [-0.3, -0.25) is 0 Å². The van der Waals surface area contributed by atoms with E-state index in [1.165, 1.54) is 87.0 Å². The van der Waals surface area contributed by atoms with Crippen molar-refractivity contribution >= 4 is 86.7 Å². The van der Waals surface area contributed by atoms with Crippen LogP contribution in [0.15, 0.2) is 168 Å². The van der Waals surface area contributed by atoms with E-state index in [1.54, 1.807) is 0 Å². The van der Waals surface area contributed by atoms with E-state index in [0.717, 1.165) is 16.9 Å². The lowest BCUT2D eigenvalue weighted by molar-refractivity contribution is 0.670. The number of hydrogen-bond acceptors (Lipinski definition) is 2. The van der Waals surface area contributed by atoms with E-state index < -0.39 is 16.1 Å². The Balaban J connectivity index is 1.11. The number of nitrogens with zero attached hydrogens (tertiary/aromatic N) is 1. The standard InChI is InChI=1S/C50H39NOSi2/c1-53(2)45-19-10-8-17-40(45)43-30-37(23-26-46(43)53)51(36-15-11-14-34(29-36)35-21-20-32-12-5-6-13-33(32)28-35)38-22-24-42-48(31-38)54(3,4)47-27-25-41-39-16-7-9-18-44(39)52-50(41)49(42)47/h5-31H,1-4H3. The molecule has 0 amide bonds. The number of hydrogen-bond donors (Lipinski definition) is 0. The molecule has 0 saturated carbocycles. The fourth-order valence-electron chi connectivity index (χ4n) is 9.62. The summed E-state index contributed by atoms with van der Waals surface area (Å²) in [6, 6.07) is 61.2. The van der Waals surface area contributed by atoms with E-state index in [-0.39, 0.29) is 0 Å². The molecule has 8 aromatic carbocycles. The molecule has 2 aliphatic rings. The molecule has 0 aliphatic carbocycles. The van der Waals surface area contributed by atoms with Crippen molar-refractivity contribution in [3.05, 3.63) is 164 Å². The summed E-state index contributed by atoms with van der Waals surface area (Å²) in [6.45, 7) is 9.98. The number of benzene rings is 8. The molecular formula is C50H39NOSi2. The van der Waals surface area contributed by atoms with Gasteiger partial charge in [0.2, 0.25) is 0 Å². The third kappa shape index (κ3) is 4.44. The molecule has 0 saturated heterocycles. The van der Waals surface area contributed by atoms with Crippen LogP contribution in [0.5, 0.6) is 0 Å². The Morgan fingerprint density at radius 1 is 0.407 bits per heavy atom. The van der Waals surface area contributed by atoms with E-state index in [1.807, 2.05) is 0 Å². The molecule has 258 valence electrons. The average Bonchev–Trinajstić information content (AvgIpc) is 3.77. The van der Waals surface area contributed by atoms with Crippen molar-refractivity contribution < 1.29 is 4.42 Å². The number of anilines is 3. The molecule has 11 rings (SSSR count). The molecule has 0 spiro atoms. The maximum Gasteiger partial charge on any atom is 0.143 e. The van der Waals surface area contributed by atoms with E-state index in [4.69, 9.17) is 4.42 Å². The van der Waals surface area contributed by atoms with Crippen molar-refractivity contribution in [2.75, 3.05) is 4.90 Å².